The molecule has 0 spiro atoms. The van der Waals surface area contributed by atoms with E-state index in [9.17, 15) is 4.39 Å². The summed E-state index contributed by atoms with van der Waals surface area (Å²) in [6.07, 6.45) is 3.11. The average Bonchev–Trinajstić information content (AvgIpc) is 2.71. The maximum Gasteiger partial charge on any atom is 0.248 e. The Morgan fingerprint density at radius 2 is 1.79 bits per heavy atom. The van der Waals surface area contributed by atoms with Crippen molar-refractivity contribution in [2.75, 3.05) is 17.7 Å². The molecule has 0 fully saturated rings. The van der Waals surface area contributed by atoms with Crippen molar-refractivity contribution in [2.45, 2.75) is 6.54 Å². The van der Waals surface area contributed by atoms with E-state index in [0.29, 0.717) is 23.8 Å². The molecular weight excluding hydrogens is 357 g/mol. The number of nitrogen functional groups attached to an aromatic ring is 1. The third-order valence-electron chi connectivity index (χ3n) is 4.32. The number of hydrogen-bond donors (Lipinski definition) is 1. The largest absolute Gasteiger partial charge is 0.435 e. The van der Waals surface area contributed by atoms with Crippen molar-refractivity contribution in [2.24, 2.45) is 0 Å². The van der Waals surface area contributed by atoms with E-state index in [1.54, 1.807) is 18.3 Å². The highest BCUT2D eigenvalue weighted by molar-refractivity contribution is 5.84. The maximum atomic E-state index is 13.1. The van der Waals surface area contributed by atoms with Gasteiger partial charge in [-0.3, -0.25) is 4.98 Å². The topological polar surface area (TPSA) is 77.2 Å². The molecule has 28 heavy (non-hydrogen) atoms. The van der Waals surface area contributed by atoms with Crippen molar-refractivity contribution >= 4 is 22.4 Å². The number of benzene rings is 2. The van der Waals surface area contributed by atoms with Gasteiger partial charge in [-0.2, -0.15) is 4.98 Å². The molecule has 0 amide bonds. The zero-order chi connectivity index (χ0) is 19.5. The maximum absolute atomic E-state index is 13.1. The Bertz CT molecular complexity index is 1110. The lowest BCUT2D eigenvalue weighted by atomic mass is 10.2. The minimum absolute atomic E-state index is 0.258. The molecule has 0 aliphatic carbocycles. The first kappa shape index (κ1) is 17.7. The normalized spacial score (nSPS) is 10.8. The highest BCUT2D eigenvalue weighted by atomic mass is 19.1. The summed E-state index contributed by atoms with van der Waals surface area (Å²) in [6, 6.07) is 15.8. The first-order valence-corrected chi connectivity index (χ1v) is 8.69. The third-order valence-corrected chi connectivity index (χ3v) is 4.32. The summed E-state index contributed by atoms with van der Waals surface area (Å²) in [4.78, 5) is 14.7. The fraction of sp³-hybridized carbons (Fsp3) is 0.0952. The molecule has 2 heterocycles. The standard InChI is InChI=1S/C21H18FN5O/c1-27(12-14-7-9-16(22)10-8-14)20-18(23)21(26-13-25-20)28-17-6-2-4-15-5-3-11-24-19(15)17/h2-11,13H,12,23H2,1H3. The summed E-state index contributed by atoms with van der Waals surface area (Å²) < 4.78 is 19.1. The van der Waals surface area contributed by atoms with Crippen LogP contribution < -0.4 is 15.4 Å². The molecule has 0 aliphatic heterocycles. The van der Waals surface area contributed by atoms with E-state index >= 15 is 0 Å². The van der Waals surface area contributed by atoms with Gasteiger partial charge in [0.25, 0.3) is 0 Å². The van der Waals surface area contributed by atoms with Crippen molar-refractivity contribution in [3.63, 3.8) is 0 Å². The molecule has 0 aliphatic rings. The Balaban J connectivity index is 1.62. The summed E-state index contributed by atoms with van der Waals surface area (Å²) in [5, 5.41) is 0.960. The number of pyridine rings is 1. The third kappa shape index (κ3) is 3.55. The van der Waals surface area contributed by atoms with E-state index in [0.717, 1.165) is 16.5 Å². The molecule has 4 rings (SSSR count). The number of nitrogens with two attached hydrogens (primary N) is 1. The molecule has 7 heteroatoms. The van der Waals surface area contributed by atoms with Crippen molar-refractivity contribution in [1.82, 2.24) is 15.0 Å². The predicted octanol–water partition coefficient (Wildman–Crippen LogP) is 4.17. The Hall–Kier alpha value is -3.74. The van der Waals surface area contributed by atoms with Gasteiger partial charge in [0.05, 0.1) is 0 Å². The van der Waals surface area contributed by atoms with Gasteiger partial charge in [0, 0.05) is 25.2 Å². The van der Waals surface area contributed by atoms with Crippen LogP contribution >= 0.6 is 0 Å². The Morgan fingerprint density at radius 1 is 1.00 bits per heavy atom. The van der Waals surface area contributed by atoms with Gasteiger partial charge in [-0.05, 0) is 29.8 Å². The summed E-state index contributed by atoms with van der Waals surface area (Å²) in [6.45, 7) is 0.511. The number of ether oxygens (including phenoxy) is 1. The molecular formula is C21H18FN5O. The molecule has 0 radical (unpaired) electrons. The molecule has 4 aromatic rings. The van der Waals surface area contributed by atoms with Crippen LogP contribution in [0.1, 0.15) is 5.56 Å². The number of fused-ring (bicyclic) bond motifs is 1. The molecule has 2 aromatic carbocycles. The average molecular weight is 375 g/mol. The number of hydrogen-bond acceptors (Lipinski definition) is 6. The summed E-state index contributed by atoms with van der Waals surface area (Å²) >= 11 is 0. The van der Waals surface area contributed by atoms with E-state index in [1.807, 2.05) is 42.3 Å². The Kier molecular flexibility index (Phi) is 4.72. The molecule has 2 N–H and O–H groups in total. The van der Waals surface area contributed by atoms with Crippen LogP contribution in [0.2, 0.25) is 0 Å². The molecule has 0 unspecified atom stereocenters. The van der Waals surface area contributed by atoms with E-state index in [4.69, 9.17) is 10.5 Å². The van der Waals surface area contributed by atoms with Gasteiger partial charge in [0.2, 0.25) is 5.88 Å². The highest BCUT2D eigenvalue weighted by Crippen LogP contribution is 2.33. The van der Waals surface area contributed by atoms with Crippen LogP contribution in [-0.2, 0) is 6.54 Å². The van der Waals surface area contributed by atoms with E-state index in [-0.39, 0.29) is 11.7 Å². The van der Waals surface area contributed by atoms with Gasteiger partial charge >= 0.3 is 0 Å². The number of halogens is 1. The van der Waals surface area contributed by atoms with Crippen LogP contribution in [0.15, 0.2) is 67.1 Å². The van der Waals surface area contributed by atoms with Gasteiger partial charge in [0.15, 0.2) is 11.6 Å². The number of aromatic nitrogens is 3. The molecule has 0 saturated heterocycles. The molecule has 6 nitrogen and oxygen atoms in total. The summed E-state index contributed by atoms with van der Waals surface area (Å²) in [5.74, 6) is 1.08. The lowest BCUT2D eigenvalue weighted by molar-refractivity contribution is 0.468. The van der Waals surface area contributed by atoms with Crippen LogP contribution in [0, 0.1) is 5.82 Å². The van der Waals surface area contributed by atoms with Gasteiger partial charge in [0.1, 0.15) is 23.3 Å². The second kappa shape index (κ2) is 7.48. The highest BCUT2D eigenvalue weighted by Gasteiger charge is 2.15. The van der Waals surface area contributed by atoms with Gasteiger partial charge < -0.3 is 15.4 Å². The number of rotatable bonds is 5. The van der Waals surface area contributed by atoms with E-state index < -0.39 is 0 Å². The van der Waals surface area contributed by atoms with Gasteiger partial charge in [-0.1, -0.05) is 30.3 Å². The lowest BCUT2D eigenvalue weighted by Crippen LogP contribution is -2.19. The van der Waals surface area contributed by atoms with Crippen LogP contribution in [0.3, 0.4) is 0 Å². The smallest absolute Gasteiger partial charge is 0.248 e. The van der Waals surface area contributed by atoms with E-state index in [1.165, 1.54) is 18.5 Å². The molecule has 140 valence electrons. The van der Waals surface area contributed by atoms with Crippen molar-refractivity contribution < 1.29 is 9.13 Å². The second-order valence-corrected chi connectivity index (χ2v) is 6.33. The SMILES string of the molecule is CN(Cc1ccc(F)cc1)c1ncnc(Oc2cccc3cccnc23)c1N. The van der Waals surface area contributed by atoms with Crippen molar-refractivity contribution in [3.8, 4) is 11.6 Å². The molecule has 0 atom stereocenters. The lowest BCUT2D eigenvalue weighted by Gasteiger charge is -2.20. The zero-order valence-corrected chi connectivity index (χ0v) is 15.2. The first-order chi connectivity index (χ1) is 13.6. The fourth-order valence-electron chi connectivity index (χ4n) is 2.96. The van der Waals surface area contributed by atoms with Gasteiger partial charge in [-0.15, -0.1) is 0 Å². The van der Waals surface area contributed by atoms with Gasteiger partial charge in [-0.25, -0.2) is 9.37 Å². The van der Waals surface area contributed by atoms with Crippen LogP contribution in [0.5, 0.6) is 11.6 Å². The Morgan fingerprint density at radius 3 is 2.61 bits per heavy atom. The van der Waals surface area contributed by atoms with Crippen molar-refractivity contribution in [3.05, 3.63) is 78.5 Å². The zero-order valence-electron chi connectivity index (χ0n) is 15.2. The second-order valence-electron chi connectivity index (χ2n) is 6.33. The van der Waals surface area contributed by atoms with Crippen LogP contribution in [0.25, 0.3) is 10.9 Å². The summed E-state index contributed by atoms with van der Waals surface area (Å²) in [7, 11) is 1.85. The van der Waals surface area contributed by atoms with Crippen LogP contribution in [-0.4, -0.2) is 22.0 Å². The fourth-order valence-corrected chi connectivity index (χ4v) is 2.96. The number of anilines is 2. The van der Waals surface area contributed by atoms with Crippen molar-refractivity contribution in [1.29, 1.82) is 0 Å². The monoisotopic (exact) mass is 375 g/mol. The quantitative estimate of drug-likeness (QED) is 0.564. The minimum atomic E-state index is -0.271. The minimum Gasteiger partial charge on any atom is -0.435 e. The Labute approximate surface area is 161 Å². The van der Waals surface area contributed by atoms with E-state index in [2.05, 4.69) is 15.0 Å². The first-order valence-electron chi connectivity index (χ1n) is 8.69. The summed E-state index contributed by atoms with van der Waals surface area (Å²) in [5.41, 5.74) is 8.26. The molecule has 0 saturated carbocycles. The van der Waals surface area contributed by atoms with Crippen LogP contribution in [0.4, 0.5) is 15.9 Å². The predicted molar refractivity (Wildman–Crippen MR) is 107 cm³/mol. The molecule has 2 aromatic heterocycles. The number of nitrogens with zero attached hydrogens (tertiary/aromatic N) is 4. The number of para-hydroxylation sites is 1. The molecule has 0 bridgehead atoms.